The molecule has 0 unspecified atom stereocenters. The van der Waals surface area contributed by atoms with Crippen molar-refractivity contribution in [3.05, 3.63) is 40.8 Å². The molecule has 1 atom stereocenters. The van der Waals surface area contributed by atoms with Crippen molar-refractivity contribution in [2.75, 3.05) is 12.3 Å². The molecule has 1 aromatic rings. The Labute approximate surface area is 86.6 Å². The highest BCUT2D eigenvalue weighted by atomic mass is 32.2. The fourth-order valence-corrected chi connectivity index (χ4v) is 1.73. The van der Waals surface area contributed by atoms with Crippen LogP contribution in [0.5, 0.6) is 0 Å². The number of rotatable bonds is 5. The van der Waals surface area contributed by atoms with Crippen molar-refractivity contribution in [1.29, 1.82) is 0 Å². The molecule has 0 fully saturated rings. The van der Waals surface area contributed by atoms with Crippen LogP contribution in [0.15, 0.2) is 40.3 Å². The van der Waals surface area contributed by atoms with Crippen LogP contribution in [0.2, 0.25) is 0 Å². The Balaban J connectivity index is 2.30. The maximum atomic E-state index is 9.36. The van der Waals surface area contributed by atoms with Crippen LogP contribution in [-0.4, -0.2) is 23.5 Å². The van der Waals surface area contributed by atoms with Gasteiger partial charge in [-0.15, -0.1) is 11.8 Å². The molecule has 0 bridgehead atoms. The first kappa shape index (κ1) is 10.9. The molecule has 0 aromatic heterocycles. The van der Waals surface area contributed by atoms with E-state index in [2.05, 4.69) is 10.0 Å². The van der Waals surface area contributed by atoms with Crippen LogP contribution in [0.25, 0.3) is 10.4 Å². The molecule has 0 aliphatic heterocycles. The average Bonchev–Trinajstić information content (AvgIpc) is 2.25. The average molecular weight is 209 g/mol. The van der Waals surface area contributed by atoms with Crippen molar-refractivity contribution < 1.29 is 5.11 Å². The summed E-state index contributed by atoms with van der Waals surface area (Å²) in [4.78, 5) is 3.69. The number of aliphatic hydroxyl groups is 1. The molecular formula is C9H11N3OS. The number of thioether (sulfide) groups is 1. The fraction of sp³-hybridized carbons (Fsp3) is 0.333. The summed E-state index contributed by atoms with van der Waals surface area (Å²) >= 11 is 1.55. The van der Waals surface area contributed by atoms with Gasteiger partial charge in [-0.1, -0.05) is 23.3 Å². The lowest BCUT2D eigenvalue weighted by Gasteiger charge is -2.05. The van der Waals surface area contributed by atoms with E-state index in [9.17, 15) is 5.11 Å². The Kier molecular flexibility index (Phi) is 4.93. The molecule has 1 N–H and O–H groups in total. The zero-order valence-electron chi connectivity index (χ0n) is 7.58. The molecule has 0 saturated carbocycles. The molecule has 0 saturated heterocycles. The van der Waals surface area contributed by atoms with E-state index in [0.29, 0.717) is 5.75 Å². The minimum absolute atomic E-state index is 0.135. The van der Waals surface area contributed by atoms with Crippen molar-refractivity contribution in [3.8, 4) is 0 Å². The van der Waals surface area contributed by atoms with Crippen LogP contribution < -0.4 is 0 Å². The fourth-order valence-electron chi connectivity index (χ4n) is 0.893. The van der Waals surface area contributed by atoms with Crippen LogP contribution in [-0.2, 0) is 0 Å². The van der Waals surface area contributed by atoms with E-state index in [1.807, 2.05) is 30.3 Å². The van der Waals surface area contributed by atoms with Gasteiger partial charge in [0, 0.05) is 15.6 Å². The molecule has 0 radical (unpaired) electrons. The van der Waals surface area contributed by atoms with Gasteiger partial charge in [0.1, 0.15) is 0 Å². The predicted molar refractivity (Wildman–Crippen MR) is 57.2 cm³/mol. The number of hydrogen-bond donors (Lipinski definition) is 1. The second-order valence-electron chi connectivity index (χ2n) is 2.69. The largest absolute Gasteiger partial charge is 0.392 e. The van der Waals surface area contributed by atoms with Crippen LogP contribution in [0.4, 0.5) is 0 Å². The van der Waals surface area contributed by atoms with Gasteiger partial charge in [0.15, 0.2) is 0 Å². The lowest BCUT2D eigenvalue weighted by molar-refractivity contribution is 0.208. The Morgan fingerprint density at radius 1 is 1.43 bits per heavy atom. The van der Waals surface area contributed by atoms with Crippen molar-refractivity contribution in [1.82, 2.24) is 0 Å². The number of nitrogens with zero attached hydrogens (tertiary/aromatic N) is 3. The molecule has 4 nitrogen and oxygen atoms in total. The molecule has 1 rings (SSSR count). The maximum Gasteiger partial charge on any atom is 0.0690 e. The number of hydrogen-bond acceptors (Lipinski definition) is 3. The SMILES string of the molecule is [N-]=[N+]=NC[C@@H](O)CSc1ccccc1. The van der Waals surface area contributed by atoms with E-state index < -0.39 is 6.10 Å². The molecular weight excluding hydrogens is 198 g/mol. The van der Waals surface area contributed by atoms with Gasteiger partial charge in [0.05, 0.1) is 12.6 Å². The second kappa shape index (κ2) is 6.32. The van der Waals surface area contributed by atoms with Crippen LogP contribution in [0.1, 0.15) is 0 Å². The van der Waals surface area contributed by atoms with E-state index in [-0.39, 0.29) is 6.54 Å². The predicted octanol–water partition coefficient (Wildman–Crippen LogP) is 2.45. The highest BCUT2D eigenvalue weighted by Crippen LogP contribution is 2.17. The number of azide groups is 1. The monoisotopic (exact) mass is 209 g/mol. The topological polar surface area (TPSA) is 69.0 Å². The van der Waals surface area contributed by atoms with Crippen LogP contribution in [0, 0.1) is 0 Å². The minimum atomic E-state index is -0.573. The Morgan fingerprint density at radius 2 is 2.14 bits per heavy atom. The third-order valence-corrected chi connectivity index (χ3v) is 2.70. The molecule has 0 spiro atoms. The highest BCUT2D eigenvalue weighted by Gasteiger charge is 2.02. The summed E-state index contributed by atoms with van der Waals surface area (Å²) in [5, 5.41) is 12.7. The van der Waals surface area contributed by atoms with Gasteiger partial charge in [0.25, 0.3) is 0 Å². The lowest BCUT2D eigenvalue weighted by Crippen LogP contribution is -2.13. The van der Waals surface area contributed by atoms with Crippen molar-refractivity contribution in [2.24, 2.45) is 5.11 Å². The standard InChI is InChI=1S/C9H11N3OS/c10-12-11-6-8(13)7-14-9-4-2-1-3-5-9/h1-5,8,13H,6-7H2/t8-/m1/s1. The summed E-state index contributed by atoms with van der Waals surface area (Å²) in [6.45, 7) is 0.135. The molecule has 0 amide bonds. The first-order valence-electron chi connectivity index (χ1n) is 4.19. The van der Waals surface area contributed by atoms with Gasteiger partial charge in [-0.2, -0.15) is 0 Å². The molecule has 5 heteroatoms. The van der Waals surface area contributed by atoms with E-state index in [0.717, 1.165) is 4.90 Å². The number of benzene rings is 1. The van der Waals surface area contributed by atoms with E-state index >= 15 is 0 Å². The summed E-state index contributed by atoms with van der Waals surface area (Å²) in [6, 6.07) is 9.79. The Hall–Kier alpha value is -1.16. The first-order valence-corrected chi connectivity index (χ1v) is 5.18. The summed E-state index contributed by atoms with van der Waals surface area (Å²) in [7, 11) is 0. The molecule has 0 aliphatic rings. The normalized spacial score (nSPS) is 11.8. The third-order valence-electron chi connectivity index (χ3n) is 1.54. The van der Waals surface area contributed by atoms with E-state index in [4.69, 9.17) is 5.53 Å². The van der Waals surface area contributed by atoms with Crippen LogP contribution in [0.3, 0.4) is 0 Å². The van der Waals surface area contributed by atoms with Gasteiger partial charge in [0.2, 0.25) is 0 Å². The summed E-state index contributed by atoms with van der Waals surface area (Å²) in [5.41, 5.74) is 8.04. The van der Waals surface area contributed by atoms with E-state index in [1.165, 1.54) is 0 Å². The van der Waals surface area contributed by atoms with Crippen molar-refractivity contribution >= 4 is 11.8 Å². The smallest absolute Gasteiger partial charge is 0.0690 e. The zero-order valence-corrected chi connectivity index (χ0v) is 8.39. The number of aliphatic hydroxyl groups excluding tert-OH is 1. The highest BCUT2D eigenvalue weighted by molar-refractivity contribution is 7.99. The quantitative estimate of drug-likeness (QED) is 0.350. The summed E-state index contributed by atoms with van der Waals surface area (Å²) < 4.78 is 0. The van der Waals surface area contributed by atoms with Gasteiger partial charge >= 0.3 is 0 Å². The molecule has 0 aliphatic carbocycles. The Morgan fingerprint density at radius 3 is 2.79 bits per heavy atom. The molecule has 14 heavy (non-hydrogen) atoms. The maximum absolute atomic E-state index is 9.36. The summed E-state index contributed by atoms with van der Waals surface area (Å²) in [6.07, 6.45) is -0.573. The van der Waals surface area contributed by atoms with Crippen molar-refractivity contribution in [2.45, 2.75) is 11.0 Å². The van der Waals surface area contributed by atoms with Crippen molar-refractivity contribution in [3.63, 3.8) is 0 Å². The van der Waals surface area contributed by atoms with Gasteiger partial charge < -0.3 is 5.11 Å². The van der Waals surface area contributed by atoms with Gasteiger partial charge in [-0.3, -0.25) is 0 Å². The molecule has 1 aromatic carbocycles. The summed E-state index contributed by atoms with van der Waals surface area (Å²) in [5.74, 6) is 0.545. The van der Waals surface area contributed by atoms with Gasteiger partial charge in [-0.05, 0) is 17.7 Å². The van der Waals surface area contributed by atoms with Gasteiger partial charge in [-0.25, -0.2) is 0 Å². The molecule has 74 valence electrons. The second-order valence-corrected chi connectivity index (χ2v) is 3.78. The first-order chi connectivity index (χ1) is 6.83. The lowest BCUT2D eigenvalue weighted by atomic mass is 10.4. The third kappa shape index (κ3) is 4.18. The van der Waals surface area contributed by atoms with Crippen LogP contribution >= 0.6 is 11.8 Å². The Bertz CT molecular complexity index is 311. The zero-order chi connectivity index (χ0) is 10.2. The van der Waals surface area contributed by atoms with E-state index in [1.54, 1.807) is 11.8 Å². The minimum Gasteiger partial charge on any atom is -0.392 e. The molecule has 0 heterocycles.